The monoisotopic (exact) mass is 526 g/mol. The molecule has 2 amide bonds. The predicted octanol–water partition coefficient (Wildman–Crippen LogP) is 4.11. The van der Waals surface area contributed by atoms with Crippen LogP contribution in [0.25, 0.3) is 5.69 Å². The Balaban J connectivity index is 1.39. The van der Waals surface area contributed by atoms with Gasteiger partial charge in [0.2, 0.25) is 0 Å². The second-order valence-corrected chi connectivity index (χ2v) is 10.4. The van der Waals surface area contributed by atoms with Crippen molar-refractivity contribution < 1.29 is 19.4 Å². The number of hydrogen-bond donors (Lipinski definition) is 2. The first kappa shape index (κ1) is 26.4. The van der Waals surface area contributed by atoms with Crippen molar-refractivity contribution in [3.05, 3.63) is 65.1 Å². The third-order valence-corrected chi connectivity index (χ3v) is 6.24. The number of nitrogens with one attached hydrogen (secondary N) is 1. The Hall–Kier alpha value is -3.63. The lowest BCUT2D eigenvalue weighted by Gasteiger charge is -2.28. The fourth-order valence-corrected chi connectivity index (χ4v) is 4.15. The van der Waals surface area contributed by atoms with Gasteiger partial charge in [0.05, 0.1) is 30.2 Å². The summed E-state index contributed by atoms with van der Waals surface area (Å²) in [4.78, 5) is 33.5. The van der Waals surface area contributed by atoms with Crippen LogP contribution >= 0.6 is 11.6 Å². The van der Waals surface area contributed by atoms with Gasteiger partial charge in [-0.25, -0.2) is 14.5 Å². The fraction of sp³-hybridized carbons (Fsp3) is 0.385. The molecule has 196 valence electrons. The average Bonchev–Trinajstić information content (AvgIpc) is 3.51. The van der Waals surface area contributed by atoms with Crippen LogP contribution in [0.4, 0.5) is 16.3 Å². The number of benzene rings is 1. The summed E-state index contributed by atoms with van der Waals surface area (Å²) in [6, 6.07) is 10.6. The molecule has 1 aromatic carbocycles. The summed E-state index contributed by atoms with van der Waals surface area (Å²) in [6.07, 6.45) is 3.65. The van der Waals surface area contributed by atoms with E-state index < -0.39 is 11.5 Å². The molecule has 0 aliphatic carbocycles. The Morgan fingerprint density at radius 2 is 1.95 bits per heavy atom. The van der Waals surface area contributed by atoms with Crippen LogP contribution in [-0.4, -0.2) is 68.6 Å². The number of ether oxygens (including phenoxy) is 1. The zero-order valence-electron chi connectivity index (χ0n) is 21.3. The molecule has 10 nitrogen and oxygen atoms in total. The van der Waals surface area contributed by atoms with Gasteiger partial charge in [0, 0.05) is 36.9 Å². The molecule has 3 heterocycles. The summed E-state index contributed by atoms with van der Waals surface area (Å²) in [5, 5.41) is 17.5. The molecular weight excluding hydrogens is 496 g/mol. The molecule has 3 aromatic rings. The Bertz CT molecular complexity index is 1250. The number of pyridine rings is 1. The molecular formula is C26H31ClN6O4. The number of rotatable bonds is 6. The molecule has 2 aromatic heterocycles. The summed E-state index contributed by atoms with van der Waals surface area (Å²) in [5.41, 5.74) is 1.19. The highest BCUT2D eigenvalue weighted by Crippen LogP contribution is 2.24. The Morgan fingerprint density at radius 3 is 2.57 bits per heavy atom. The first-order valence-corrected chi connectivity index (χ1v) is 12.4. The summed E-state index contributed by atoms with van der Waals surface area (Å²) >= 11 is 5.95. The van der Waals surface area contributed by atoms with Crippen LogP contribution in [0, 0.1) is 0 Å². The maximum Gasteiger partial charge on any atom is 0.410 e. The van der Waals surface area contributed by atoms with E-state index in [1.165, 1.54) is 4.68 Å². The summed E-state index contributed by atoms with van der Waals surface area (Å²) < 4.78 is 7.00. The van der Waals surface area contributed by atoms with Crippen molar-refractivity contribution in [1.29, 1.82) is 0 Å². The van der Waals surface area contributed by atoms with E-state index in [2.05, 4.69) is 20.3 Å². The number of amides is 2. The molecule has 1 saturated heterocycles. The van der Waals surface area contributed by atoms with Gasteiger partial charge in [0.25, 0.3) is 5.91 Å². The average molecular weight is 527 g/mol. The van der Waals surface area contributed by atoms with Crippen molar-refractivity contribution in [2.75, 3.05) is 30.4 Å². The van der Waals surface area contributed by atoms with E-state index in [1.54, 1.807) is 54.7 Å². The van der Waals surface area contributed by atoms with Gasteiger partial charge in [-0.1, -0.05) is 11.6 Å². The molecule has 1 aliphatic heterocycles. The highest BCUT2D eigenvalue weighted by Gasteiger charge is 2.31. The Kier molecular flexibility index (Phi) is 7.70. The first-order valence-electron chi connectivity index (χ1n) is 12.0. The second kappa shape index (κ2) is 10.8. The summed E-state index contributed by atoms with van der Waals surface area (Å²) in [5.74, 6) is 0.299. The van der Waals surface area contributed by atoms with Gasteiger partial charge in [-0.3, -0.25) is 4.79 Å². The van der Waals surface area contributed by atoms with Gasteiger partial charge in [-0.2, -0.15) is 5.10 Å². The van der Waals surface area contributed by atoms with Crippen LogP contribution in [0.2, 0.25) is 5.02 Å². The van der Waals surface area contributed by atoms with Crippen molar-refractivity contribution in [3.8, 4) is 5.69 Å². The number of carbonyl (C=O) groups excluding carboxylic acids is 2. The first-order chi connectivity index (χ1) is 17.5. The normalized spacial score (nSPS) is 15.5. The number of aliphatic hydroxyl groups is 1. The minimum absolute atomic E-state index is 0.0173. The van der Waals surface area contributed by atoms with E-state index in [4.69, 9.17) is 16.3 Å². The van der Waals surface area contributed by atoms with Crippen LogP contribution in [0.3, 0.4) is 0 Å². The number of nitrogens with zero attached hydrogens (tertiary/aromatic N) is 5. The zero-order valence-corrected chi connectivity index (χ0v) is 22.1. The topological polar surface area (TPSA) is 113 Å². The highest BCUT2D eigenvalue weighted by molar-refractivity contribution is 6.30. The third-order valence-electron chi connectivity index (χ3n) is 5.99. The zero-order chi connectivity index (χ0) is 26.7. The molecule has 1 atom stereocenters. The van der Waals surface area contributed by atoms with E-state index in [9.17, 15) is 14.7 Å². The molecule has 1 fully saturated rings. The lowest BCUT2D eigenvalue weighted by molar-refractivity contribution is 0.0237. The van der Waals surface area contributed by atoms with Crippen molar-refractivity contribution in [3.63, 3.8) is 0 Å². The SMILES string of the molecule is CN(C(=O)OC(C)(C)C)C1CCN(c2ccc(NC(=O)c3nn(-c4ccc(Cl)cc4)cc3CO)cn2)C1. The summed E-state index contributed by atoms with van der Waals surface area (Å²) in [6.45, 7) is 6.59. The van der Waals surface area contributed by atoms with Gasteiger partial charge in [0.1, 0.15) is 11.4 Å². The number of aliphatic hydroxyl groups excluding tert-OH is 1. The van der Waals surface area contributed by atoms with Crippen molar-refractivity contribution >= 4 is 35.1 Å². The van der Waals surface area contributed by atoms with E-state index in [0.29, 0.717) is 28.5 Å². The van der Waals surface area contributed by atoms with E-state index in [1.807, 2.05) is 26.8 Å². The number of carbonyl (C=O) groups is 2. The van der Waals surface area contributed by atoms with E-state index in [-0.39, 0.29) is 24.4 Å². The maximum absolute atomic E-state index is 12.9. The number of likely N-dealkylation sites (N-methyl/N-ethyl adjacent to an activating group) is 1. The van der Waals surface area contributed by atoms with Crippen LogP contribution in [0.15, 0.2) is 48.8 Å². The van der Waals surface area contributed by atoms with E-state index in [0.717, 1.165) is 18.8 Å². The standard InChI is InChI=1S/C26H31ClN6O4/c1-26(2,3)37-25(36)31(4)21-11-12-32(15-21)22-10-7-19(13-28-22)29-24(35)23-17(16-34)14-33(30-23)20-8-5-18(27)6-9-20/h5-10,13-14,21,34H,11-12,15-16H2,1-4H3,(H,29,35). The number of hydrogen-bond acceptors (Lipinski definition) is 7. The molecule has 1 aliphatic rings. The predicted molar refractivity (Wildman–Crippen MR) is 141 cm³/mol. The molecule has 0 radical (unpaired) electrons. The largest absolute Gasteiger partial charge is 0.444 e. The van der Waals surface area contributed by atoms with Gasteiger partial charge in [-0.05, 0) is 63.6 Å². The lowest BCUT2D eigenvalue weighted by atomic mass is 10.2. The van der Waals surface area contributed by atoms with Crippen LogP contribution in [0.1, 0.15) is 43.2 Å². The smallest absolute Gasteiger partial charge is 0.410 e. The van der Waals surface area contributed by atoms with Crippen LogP contribution in [-0.2, 0) is 11.3 Å². The minimum atomic E-state index is -0.544. The number of aromatic nitrogens is 3. The molecule has 11 heteroatoms. The lowest BCUT2D eigenvalue weighted by Crippen LogP contribution is -2.42. The van der Waals surface area contributed by atoms with Crippen LogP contribution < -0.4 is 10.2 Å². The molecule has 2 N–H and O–H groups in total. The fourth-order valence-electron chi connectivity index (χ4n) is 4.03. The summed E-state index contributed by atoms with van der Waals surface area (Å²) in [7, 11) is 1.75. The quantitative estimate of drug-likeness (QED) is 0.497. The van der Waals surface area contributed by atoms with Gasteiger partial charge < -0.3 is 25.0 Å². The minimum Gasteiger partial charge on any atom is -0.444 e. The molecule has 37 heavy (non-hydrogen) atoms. The second-order valence-electron chi connectivity index (χ2n) is 9.92. The van der Waals surface area contributed by atoms with Crippen molar-refractivity contribution in [2.45, 2.75) is 45.4 Å². The molecule has 4 rings (SSSR count). The van der Waals surface area contributed by atoms with Gasteiger partial charge in [-0.15, -0.1) is 0 Å². The molecule has 0 saturated carbocycles. The maximum atomic E-state index is 12.9. The molecule has 0 spiro atoms. The van der Waals surface area contributed by atoms with E-state index >= 15 is 0 Å². The van der Waals surface area contributed by atoms with Crippen LogP contribution in [0.5, 0.6) is 0 Å². The molecule has 0 bridgehead atoms. The molecule has 1 unspecified atom stereocenters. The number of anilines is 2. The Labute approximate surface area is 220 Å². The third kappa shape index (κ3) is 6.39. The Morgan fingerprint density at radius 1 is 1.22 bits per heavy atom. The number of halogens is 1. The highest BCUT2D eigenvalue weighted by atomic mass is 35.5. The van der Waals surface area contributed by atoms with Crippen molar-refractivity contribution in [2.24, 2.45) is 0 Å². The van der Waals surface area contributed by atoms with Gasteiger partial charge >= 0.3 is 6.09 Å². The van der Waals surface area contributed by atoms with Gasteiger partial charge in [0.15, 0.2) is 5.69 Å². The van der Waals surface area contributed by atoms with Crippen molar-refractivity contribution in [1.82, 2.24) is 19.7 Å².